The van der Waals surface area contributed by atoms with E-state index in [0.717, 1.165) is 56.0 Å². The highest BCUT2D eigenvalue weighted by atomic mass is 19.1. The molecule has 0 amide bonds. The van der Waals surface area contributed by atoms with Gasteiger partial charge in [0.1, 0.15) is 5.82 Å². The Bertz CT molecular complexity index is 923. The average molecular weight is 371 g/mol. The maximum Gasteiger partial charge on any atom is 0.224 e. The summed E-state index contributed by atoms with van der Waals surface area (Å²) in [6.07, 6.45) is 2.22. The lowest BCUT2D eigenvalue weighted by Crippen LogP contribution is -2.39. The Kier molecular flexibility index (Phi) is 5.12. The number of nitrogen functional groups attached to an aromatic ring is 1. The number of hydrogen-bond acceptors (Lipinski definition) is 7. The second-order valence-corrected chi connectivity index (χ2v) is 6.54. The molecule has 4 rings (SSSR count). The van der Waals surface area contributed by atoms with Gasteiger partial charge in [-0.25, -0.2) is 9.37 Å². The van der Waals surface area contributed by atoms with Gasteiger partial charge in [-0.1, -0.05) is 6.07 Å². The number of rotatable bonds is 6. The number of aromatic amines is 1. The highest BCUT2D eigenvalue weighted by Gasteiger charge is 2.12. The molecule has 3 aromatic rings. The molecule has 27 heavy (non-hydrogen) atoms. The van der Waals surface area contributed by atoms with Crippen molar-refractivity contribution in [3.05, 3.63) is 41.5 Å². The highest BCUT2D eigenvalue weighted by Crippen LogP contribution is 2.20. The Labute approximate surface area is 155 Å². The van der Waals surface area contributed by atoms with E-state index >= 15 is 0 Å². The Morgan fingerprint density at radius 2 is 2.15 bits per heavy atom. The molecular weight excluding hydrogens is 349 g/mol. The summed E-state index contributed by atoms with van der Waals surface area (Å²) in [5.74, 6) is 0.139. The maximum atomic E-state index is 13.6. The van der Waals surface area contributed by atoms with Crippen molar-refractivity contribution in [2.45, 2.75) is 6.42 Å². The number of benzene rings is 1. The van der Waals surface area contributed by atoms with Crippen LogP contribution in [0.1, 0.15) is 11.3 Å². The van der Waals surface area contributed by atoms with Gasteiger partial charge in [0.05, 0.1) is 30.0 Å². The standard InChI is InChI=1S/C18H22FN7O/c19-14-9-12(1-2-15(14)20)10-16-13-11-22-18(23-17(13)25-24-16)21-3-4-26-5-7-27-8-6-26/h1-2,9,11H,3-8,10,20H2,(H2,21,22,23,24,25). The number of nitrogens with zero attached hydrogens (tertiary/aromatic N) is 4. The van der Waals surface area contributed by atoms with Crippen molar-refractivity contribution in [2.24, 2.45) is 0 Å². The van der Waals surface area contributed by atoms with Crippen LogP contribution in [0.2, 0.25) is 0 Å². The summed E-state index contributed by atoms with van der Waals surface area (Å²) in [7, 11) is 0. The molecule has 1 aromatic carbocycles. The molecule has 0 aliphatic carbocycles. The minimum absolute atomic E-state index is 0.141. The summed E-state index contributed by atoms with van der Waals surface area (Å²) in [6, 6.07) is 4.78. The van der Waals surface area contributed by atoms with E-state index in [1.807, 2.05) is 0 Å². The van der Waals surface area contributed by atoms with E-state index in [1.54, 1.807) is 18.3 Å². The van der Waals surface area contributed by atoms with Crippen LogP contribution in [0.25, 0.3) is 11.0 Å². The molecule has 0 bridgehead atoms. The Hall–Kier alpha value is -2.78. The topological polar surface area (TPSA) is 105 Å². The van der Waals surface area contributed by atoms with Crippen molar-refractivity contribution < 1.29 is 9.13 Å². The van der Waals surface area contributed by atoms with Gasteiger partial charge in [-0.2, -0.15) is 10.1 Å². The molecule has 0 saturated carbocycles. The van der Waals surface area contributed by atoms with Crippen LogP contribution in [0.4, 0.5) is 16.0 Å². The lowest BCUT2D eigenvalue weighted by Gasteiger charge is -2.26. The van der Waals surface area contributed by atoms with Crippen molar-refractivity contribution in [3.63, 3.8) is 0 Å². The number of nitrogens with one attached hydrogen (secondary N) is 2. The molecule has 9 heteroatoms. The number of H-pyrrole nitrogens is 1. The van der Waals surface area contributed by atoms with Gasteiger partial charge in [0.15, 0.2) is 5.65 Å². The van der Waals surface area contributed by atoms with Gasteiger partial charge >= 0.3 is 0 Å². The normalized spacial score (nSPS) is 15.3. The summed E-state index contributed by atoms with van der Waals surface area (Å²) in [5, 5.41) is 11.3. The number of hydrogen-bond donors (Lipinski definition) is 3. The van der Waals surface area contributed by atoms with Crippen molar-refractivity contribution in [3.8, 4) is 0 Å². The molecule has 0 radical (unpaired) electrons. The summed E-state index contributed by atoms with van der Waals surface area (Å²) >= 11 is 0. The predicted octanol–water partition coefficient (Wildman–Crippen LogP) is 1.41. The van der Waals surface area contributed by atoms with Crippen LogP contribution in [0.15, 0.2) is 24.4 Å². The Balaban J connectivity index is 1.40. The molecule has 4 N–H and O–H groups in total. The molecule has 1 fully saturated rings. The minimum Gasteiger partial charge on any atom is -0.396 e. The third-order valence-corrected chi connectivity index (χ3v) is 4.65. The molecule has 3 heterocycles. The SMILES string of the molecule is Nc1ccc(Cc2n[nH]c3nc(NCCN4CCOCC4)ncc23)cc1F. The van der Waals surface area contributed by atoms with Crippen LogP contribution in [-0.2, 0) is 11.2 Å². The van der Waals surface area contributed by atoms with Crippen LogP contribution < -0.4 is 11.1 Å². The third-order valence-electron chi connectivity index (χ3n) is 4.65. The molecule has 0 spiro atoms. The fraction of sp³-hybridized carbons (Fsp3) is 0.389. The van der Waals surface area contributed by atoms with E-state index in [-0.39, 0.29) is 5.69 Å². The van der Waals surface area contributed by atoms with Crippen molar-refractivity contribution >= 4 is 22.7 Å². The zero-order valence-electron chi connectivity index (χ0n) is 14.9. The first kappa shape index (κ1) is 17.6. The monoisotopic (exact) mass is 371 g/mol. The number of ether oxygens (including phenoxy) is 1. The van der Waals surface area contributed by atoms with E-state index in [1.165, 1.54) is 6.07 Å². The summed E-state index contributed by atoms with van der Waals surface area (Å²) < 4.78 is 19.0. The first-order chi connectivity index (χ1) is 13.2. The van der Waals surface area contributed by atoms with Crippen LogP contribution in [0, 0.1) is 5.82 Å². The zero-order chi connectivity index (χ0) is 18.6. The Morgan fingerprint density at radius 3 is 2.96 bits per heavy atom. The minimum atomic E-state index is -0.421. The number of aromatic nitrogens is 4. The third kappa shape index (κ3) is 4.15. The molecule has 1 saturated heterocycles. The quantitative estimate of drug-likeness (QED) is 0.563. The second kappa shape index (κ2) is 7.85. The van der Waals surface area contributed by atoms with E-state index in [0.29, 0.717) is 18.0 Å². The van der Waals surface area contributed by atoms with Crippen molar-refractivity contribution in [1.82, 2.24) is 25.1 Å². The molecule has 8 nitrogen and oxygen atoms in total. The van der Waals surface area contributed by atoms with Crippen LogP contribution in [-0.4, -0.2) is 64.5 Å². The van der Waals surface area contributed by atoms with Crippen molar-refractivity contribution in [2.75, 3.05) is 50.4 Å². The summed E-state index contributed by atoms with van der Waals surface area (Å²) in [5.41, 5.74) is 7.89. The first-order valence-corrected chi connectivity index (χ1v) is 8.97. The zero-order valence-corrected chi connectivity index (χ0v) is 14.9. The van der Waals surface area contributed by atoms with Gasteiger partial charge in [0.2, 0.25) is 5.95 Å². The fourth-order valence-electron chi connectivity index (χ4n) is 3.10. The van der Waals surface area contributed by atoms with Gasteiger partial charge in [-0.15, -0.1) is 0 Å². The number of halogens is 1. The average Bonchev–Trinajstić information content (AvgIpc) is 3.08. The first-order valence-electron chi connectivity index (χ1n) is 8.97. The van der Waals surface area contributed by atoms with Crippen LogP contribution >= 0.6 is 0 Å². The smallest absolute Gasteiger partial charge is 0.224 e. The number of fused-ring (bicyclic) bond motifs is 1. The van der Waals surface area contributed by atoms with Gasteiger partial charge in [-0.05, 0) is 17.7 Å². The van der Waals surface area contributed by atoms with Gasteiger partial charge in [0, 0.05) is 38.8 Å². The molecule has 2 aromatic heterocycles. The molecular formula is C18H22FN7O. The lowest BCUT2D eigenvalue weighted by atomic mass is 10.1. The maximum absolute atomic E-state index is 13.6. The van der Waals surface area contributed by atoms with E-state index in [9.17, 15) is 4.39 Å². The van der Waals surface area contributed by atoms with E-state index < -0.39 is 5.82 Å². The predicted molar refractivity (Wildman–Crippen MR) is 101 cm³/mol. The molecule has 1 aliphatic rings. The number of morpholine rings is 1. The number of nitrogens with two attached hydrogens (primary N) is 1. The Morgan fingerprint density at radius 1 is 1.30 bits per heavy atom. The summed E-state index contributed by atoms with van der Waals surface area (Å²) in [6.45, 7) is 5.17. The van der Waals surface area contributed by atoms with E-state index in [4.69, 9.17) is 10.5 Å². The number of anilines is 2. The highest BCUT2D eigenvalue weighted by molar-refractivity contribution is 5.78. The molecule has 142 valence electrons. The van der Waals surface area contributed by atoms with Crippen LogP contribution in [0.5, 0.6) is 0 Å². The van der Waals surface area contributed by atoms with E-state index in [2.05, 4.69) is 30.4 Å². The van der Waals surface area contributed by atoms with Gasteiger partial charge < -0.3 is 15.8 Å². The lowest BCUT2D eigenvalue weighted by molar-refractivity contribution is 0.0398. The molecule has 0 unspecified atom stereocenters. The second-order valence-electron chi connectivity index (χ2n) is 6.54. The van der Waals surface area contributed by atoms with Gasteiger partial charge in [0.25, 0.3) is 0 Å². The molecule has 1 aliphatic heterocycles. The largest absolute Gasteiger partial charge is 0.396 e. The van der Waals surface area contributed by atoms with Crippen LogP contribution in [0.3, 0.4) is 0 Å². The fourth-order valence-corrected chi connectivity index (χ4v) is 3.10. The van der Waals surface area contributed by atoms with Crippen molar-refractivity contribution in [1.29, 1.82) is 0 Å². The molecule has 0 atom stereocenters. The van der Waals surface area contributed by atoms with Gasteiger partial charge in [-0.3, -0.25) is 10.00 Å². The summed E-state index contributed by atoms with van der Waals surface area (Å²) in [4.78, 5) is 11.2.